The molecule has 0 spiro atoms. The van der Waals surface area contributed by atoms with Crippen LogP contribution in [0.25, 0.3) is 0 Å². The van der Waals surface area contributed by atoms with E-state index in [0.717, 1.165) is 18.3 Å². The Morgan fingerprint density at radius 3 is 2.75 bits per heavy atom. The van der Waals surface area contributed by atoms with Crippen LogP contribution in [-0.2, 0) is 0 Å². The SMILES string of the molecule is CSCC(C)CN=C(NN)NC1CCCC1. The third kappa shape index (κ3) is 5.07. The first-order valence-corrected chi connectivity index (χ1v) is 7.42. The van der Waals surface area contributed by atoms with Gasteiger partial charge >= 0.3 is 0 Å². The summed E-state index contributed by atoms with van der Waals surface area (Å²) in [6.07, 6.45) is 7.23. The van der Waals surface area contributed by atoms with Gasteiger partial charge in [-0.05, 0) is 30.8 Å². The van der Waals surface area contributed by atoms with Gasteiger partial charge in [0.25, 0.3) is 0 Å². The number of hydrazine groups is 1. The van der Waals surface area contributed by atoms with E-state index in [-0.39, 0.29) is 0 Å². The number of nitrogens with two attached hydrogens (primary N) is 1. The maximum Gasteiger partial charge on any atom is 0.205 e. The number of guanidine groups is 1. The van der Waals surface area contributed by atoms with Crippen LogP contribution in [0.2, 0.25) is 0 Å². The van der Waals surface area contributed by atoms with Gasteiger partial charge in [0.2, 0.25) is 5.96 Å². The number of thioether (sulfide) groups is 1. The Kier molecular flexibility index (Phi) is 6.64. The lowest BCUT2D eigenvalue weighted by molar-refractivity contribution is 0.606. The molecule has 5 heteroatoms. The van der Waals surface area contributed by atoms with Crippen LogP contribution in [0.4, 0.5) is 0 Å². The minimum Gasteiger partial charge on any atom is -0.353 e. The fourth-order valence-corrected chi connectivity index (χ4v) is 2.66. The molecule has 0 amide bonds. The molecule has 4 N–H and O–H groups in total. The van der Waals surface area contributed by atoms with Crippen molar-refractivity contribution in [2.45, 2.75) is 38.6 Å². The number of nitrogens with one attached hydrogen (secondary N) is 2. The van der Waals surface area contributed by atoms with Crippen LogP contribution in [0, 0.1) is 5.92 Å². The van der Waals surface area contributed by atoms with Gasteiger partial charge in [-0.2, -0.15) is 11.8 Å². The quantitative estimate of drug-likeness (QED) is 0.295. The predicted molar refractivity (Wildman–Crippen MR) is 72.6 cm³/mol. The molecule has 0 aromatic rings. The van der Waals surface area contributed by atoms with Crippen LogP contribution < -0.4 is 16.6 Å². The Bertz CT molecular complexity index is 214. The van der Waals surface area contributed by atoms with E-state index < -0.39 is 0 Å². The molecule has 0 radical (unpaired) electrons. The van der Waals surface area contributed by atoms with E-state index in [1.54, 1.807) is 0 Å². The molecule has 0 aromatic heterocycles. The van der Waals surface area contributed by atoms with Gasteiger partial charge in [-0.3, -0.25) is 10.4 Å². The molecule has 1 fully saturated rings. The monoisotopic (exact) mass is 244 g/mol. The zero-order chi connectivity index (χ0) is 11.8. The van der Waals surface area contributed by atoms with Crippen molar-refractivity contribution in [3.63, 3.8) is 0 Å². The summed E-state index contributed by atoms with van der Waals surface area (Å²) in [5, 5.41) is 3.37. The summed E-state index contributed by atoms with van der Waals surface area (Å²) in [6, 6.07) is 0.561. The lowest BCUT2D eigenvalue weighted by Gasteiger charge is -2.15. The van der Waals surface area contributed by atoms with Gasteiger partial charge in [0.1, 0.15) is 0 Å². The van der Waals surface area contributed by atoms with Gasteiger partial charge in [-0.25, -0.2) is 5.84 Å². The van der Waals surface area contributed by atoms with Crippen LogP contribution >= 0.6 is 11.8 Å². The normalized spacial score (nSPS) is 19.8. The molecule has 94 valence electrons. The van der Waals surface area contributed by atoms with Crippen molar-refractivity contribution >= 4 is 17.7 Å². The summed E-state index contributed by atoms with van der Waals surface area (Å²) in [4.78, 5) is 4.48. The van der Waals surface area contributed by atoms with Gasteiger partial charge in [0, 0.05) is 12.6 Å². The van der Waals surface area contributed by atoms with Crippen LogP contribution in [0.5, 0.6) is 0 Å². The topological polar surface area (TPSA) is 62.4 Å². The molecule has 4 nitrogen and oxygen atoms in total. The molecule has 1 aliphatic rings. The van der Waals surface area contributed by atoms with Crippen molar-refractivity contribution in [3.05, 3.63) is 0 Å². The largest absolute Gasteiger partial charge is 0.353 e. The third-order valence-electron chi connectivity index (χ3n) is 2.84. The first kappa shape index (κ1) is 13.6. The van der Waals surface area contributed by atoms with E-state index in [0.29, 0.717) is 12.0 Å². The predicted octanol–water partition coefficient (Wildman–Crippen LogP) is 1.34. The number of hydrogen-bond donors (Lipinski definition) is 3. The molecular formula is C11H24N4S. The number of rotatable bonds is 5. The summed E-state index contributed by atoms with van der Waals surface area (Å²) in [5.74, 6) is 7.96. The Morgan fingerprint density at radius 1 is 1.50 bits per heavy atom. The molecule has 1 atom stereocenters. The molecule has 1 aliphatic carbocycles. The fourth-order valence-electron chi connectivity index (χ4n) is 1.98. The molecule has 1 rings (SSSR count). The lowest BCUT2D eigenvalue weighted by atomic mass is 10.2. The second kappa shape index (κ2) is 7.79. The summed E-state index contributed by atoms with van der Waals surface area (Å²) in [5.41, 5.74) is 2.66. The Labute approximate surface area is 103 Å². The molecule has 0 heterocycles. The minimum absolute atomic E-state index is 0.561. The molecule has 0 aliphatic heterocycles. The second-order valence-electron chi connectivity index (χ2n) is 4.52. The van der Waals surface area contributed by atoms with Crippen molar-refractivity contribution in [1.29, 1.82) is 0 Å². The zero-order valence-corrected chi connectivity index (χ0v) is 11.1. The first-order chi connectivity index (χ1) is 7.76. The first-order valence-electron chi connectivity index (χ1n) is 6.02. The number of nitrogens with zero attached hydrogens (tertiary/aromatic N) is 1. The number of aliphatic imine (C=N–C) groups is 1. The van der Waals surface area contributed by atoms with Crippen molar-refractivity contribution in [3.8, 4) is 0 Å². The van der Waals surface area contributed by atoms with Crippen LogP contribution in [0.3, 0.4) is 0 Å². The van der Waals surface area contributed by atoms with Crippen LogP contribution in [0.1, 0.15) is 32.6 Å². The third-order valence-corrected chi connectivity index (χ3v) is 3.75. The standard InChI is InChI=1S/C11H24N4S/c1-9(8-16-2)7-13-11(15-12)14-10-5-3-4-6-10/h9-10H,3-8,12H2,1-2H3,(H2,13,14,15). The highest BCUT2D eigenvalue weighted by Crippen LogP contribution is 2.17. The van der Waals surface area contributed by atoms with E-state index >= 15 is 0 Å². The van der Waals surface area contributed by atoms with E-state index in [4.69, 9.17) is 5.84 Å². The van der Waals surface area contributed by atoms with Gasteiger partial charge in [0.15, 0.2) is 0 Å². The molecule has 0 aromatic carbocycles. The maximum absolute atomic E-state index is 5.46. The van der Waals surface area contributed by atoms with E-state index in [1.807, 2.05) is 11.8 Å². The van der Waals surface area contributed by atoms with Crippen molar-refractivity contribution in [2.24, 2.45) is 16.8 Å². The molecule has 0 bridgehead atoms. The average molecular weight is 244 g/mol. The van der Waals surface area contributed by atoms with E-state index in [1.165, 1.54) is 25.7 Å². The number of hydrogen-bond acceptors (Lipinski definition) is 3. The lowest BCUT2D eigenvalue weighted by Crippen LogP contribution is -2.45. The van der Waals surface area contributed by atoms with Gasteiger partial charge in [-0.15, -0.1) is 0 Å². The summed E-state index contributed by atoms with van der Waals surface area (Å²) in [7, 11) is 0. The zero-order valence-electron chi connectivity index (χ0n) is 10.3. The van der Waals surface area contributed by atoms with Gasteiger partial charge < -0.3 is 5.32 Å². The van der Waals surface area contributed by atoms with Crippen LogP contribution in [-0.4, -0.2) is 30.6 Å². The van der Waals surface area contributed by atoms with Crippen molar-refractivity contribution < 1.29 is 0 Å². The maximum atomic E-state index is 5.46. The average Bonchev–Trinajstić information content (AvgIpc) is 2.77. The molecule has 0 saturated heterocycles. The van der Waals surface area contributed by atoms with Crippen molar-refractivity contribution in [2.75, 3.05) is 18.6 Å². The van der Waals surface area contributed by atoms with Gasteiger partial charge in [0.05, 0.1) is 0 Å². The van der Waals surface area contributed by atoms with E-state index in [9.17, 15) is 0 Å². The fraction of sp³-hybridized carbons (Fsp3) is 0.909. The summed E-state index contributed by atoms with van der Waals surface area (Å²) in [6.45, 7) is 3.05. The minimum atomic E-state index is 0.561. The summed E-state index contributed by atoms with van der Waals surface area (Å²) < 4.78 is 0. The molecular weight excluding hydrogens is 220 g/mol. The van der Waals surface area contributed by atoms with E-state index in [2.05, 4.69) is 28.9 Å². The molecule has 1 saturated carbocycles. The Balaban J connectivity index is 2.30. The highest BCUT2D eigenvalue weighted by molar-refractivity contribution is 7.98. The van der Waals surface area contributed by atoms with Gasteiger partial charge in [-0.1, -0.05) is 19.8 Å². The van der Waals surface area contributed by atoms with Crippen molar-refractivity contribution in [1.82, 2.24) is 10.7 Å². The molecule has 1 unspecified atom stereocenters. The smallest absolute Gasteiger partial charge is 0.205 e. The highest BCUT2D eigenvalue weighted by Gasteiger charge is 2.15. The summed E-state index contributed by atoms with van der Waals surface area (Å²) >= 11 is 1.86. The molecule has 16 heavy (non-hydrogen) atoms. The highest BCUT2D eigenvalue weighted by atomic mass is 32.2. The van der Waals surface area contributed by atoms with Crippen LogP contribution in [0.15, 0.2) is 4.99 Å². The Hall–Kier alpha value is -0.420. The second-order valence-corrected chi connectivity index (χ2v) is 5.43. The Morgan fingerprint density at radius 2 is 2.19 bits per heavy atom.